The van der Waals surface area contributed by atoms with E-state index in [0.717, 1.165) is 23.7 Å². The first kappa shape index (κ1) is 18.1. The highest BCUT2D eigenvalue weighted by Crippen LogP contribution is 2.30. The Bertz CT molecular complexity index is 900. The van der Waals surface area contributed by atoms with Crippen LogP contribution in [0.1, 0.15) is 36.2 Å². The topological polar surface area (TPSA) is 25.8 Å². The Balaban J connectivity index is 1.97. The Labute approximate surface area is 150 Å². The molecular formula is C21H19F3N2. The molecule has 3 rings (SSSR count). The van der Waals surface area contributed by atoms with Gasteiger partial charge in [0.15, 0.2) is 0 Å². The number of halogens is 3. The van der Waals surface area contributed by atoms with Gasteiger partial charge in [0.1, 0.15) is 5.82 Å². The predicted octanol–water partition coefficient (Wildman–Crippen LogP) is 5.55. The van der Waals surface area contributed by atoms with Crippen molar-refractivity contribution >= 4 is 0 Å². The maximum atomic E-state index is 14.1. The first-order valence-electron chi connectivity index (χ1n) is 8.44. The maximum absolute atomic E-state index is 14.1. The predicted molar refractivity (Wildman–Crippen MR) is 95.6 cm³/mol. The summed E-state index contributed by atoms with van der Waals surface area (Å²) in [5, 5.41) is 0. The van der Waals surface area contributed by atoms with Crippen molar-refractivity contribution in [2.45, 2.75) is 32.6 Å². The van der Waals surface area contributed by atoms with Crippen molar-refractivity contribution in [1.82, 2.24) is 9.97 Å². The van der Waals surface area contributed by atoms with E-state index < -0.39 is 5.92 Å². The number of alkyl halides is 2. The van der Waals surface area contributed by atoms with E-state index in [1.165, 1.54) is 18.3 Å². The molecule has 0 saturated carbocycles. The fourth-order valence-corrected chi connectivity index (χ4v) is 2.99. The van der Waals surface area contributed by atoms with Gasteiger partial charge < -0.3 is 0 Å². The minimum Gasteiger partial charge on any atom is -0.261 e. The van der Waals surface area contributed by atoms with Crippen molar-refractivity contribution < 1.29 is 13.2 Å². The second kappa shape index (κ2) is 7.28. The molecule has 3 aromatic rings. The maximum Gasteiger partial charge on any atom is 0.270 e. The van der Waals surface area contributed by atoms with Gasteiger partial charge in [-0.25, -0.2) is 13.2 Å². The molecule has 2 nitrogen and oxygen atoms in total. The second-order valence-electron chi connectivity index (χ2n) is 6.26. The Hall–Kier alpha value is -2.69. The van der Waals surface area contributed by atoms with Crippen molar-refractivity contribution in [2.24, 2.45) is 0 Å². The lowest BCUT2D eigenvalue weighted by atomic mass is 9.95. The molecule has 134 valence electrons. The highest BCUT2D eigenvalue weighted by Gasteiger charge is 2.23. The highest BCUT2D eigenvalue weighted by atomic mass is 19.3. The van der Waals surface area contributed by atoms with Gasteiger partial charge in [-0.15, -0.1) is 0 Å². The smallest absolute Gasteiger partial charge is 0.261 e. The molecule has 2 heterocycles. The lowest BCUT2D eigenvalue weighted by Crippen LogP contribution is -2.06. The van der Waals surface area contributed by atoms with Crippen LogP contribution in [0.5, 0.6) is 0 Å². The fourth-order valence-electron chi connectivity index (χ4n) is 2.99. The van der Waals surface area contributed by atoms with E-state index in [1.807, 2.05) is 13.0 Å². The van der Waals surface area contributed by atoms with Gasteiger partial charge in [0.05, 0.1) is 11.9 Å². The van der Waals surface area contributed by atoms with Crippen LogP contribution in [0.25, 0.3) is 11.1 Å². The van der Waals surface area contributed by atoms with Crippen molar-refractivity contribution in [3.63, 3.8) is 0 Å². The van der Waals surface area contributed by atoms with Crippen molar-refractivity contribution in [3.05, 3.63) is 83.2 Å². The van der Waals surface area contributed by atoms with Crippen molar-refractivity contribution in [1.29, 1.82) is 0 Å². The number of rotatable bonds is 5. The zero-order valence-corrected chi connectivity index (χ0v) is 14.6. The number of nitrogens with zero attached hydrogens (tertiary/aromatic N) is 2. The molecule has 0 bridgehead atoms. The lowest BCUT2D eigenvalue weighted by Gasteiger charge is -2.14. The lowest BCUT2D eigenvalue weighted by molar-refractivity contribution is 0.0174. The van der Waals surface area contributed by atoms with E-state index in [0.29, 0.717) is 24.0 Å². The van der Waals surface area contributed by atoms with Gasteiger partial charge in [-0.2, -0.15) is 0 Å². The fraction of sp³-hybridized carbons (Fsp3) is 0.238. The molecule has 0 aliphatic heterocycles. The quantitative estimate of drug-likeness (QED) is 0.599. The van der Waals surface area contributed by atoms with Crippen LogP contribution in [0.15, 0.2) is 55.0 Å². The van der Waals surface area contributed by atoms with E-state index in [9.17, 15) is 13.2 Å². The van der Waals surface area contributed by atoms with Crippen LogP contribution in [-0.2, 0) is 18.8 Å². The average molecular weight is 356 g/mol. The molecule has 26 heavy (non-hydrogen) atoms. The number of hydrogen-bond acceptors (Lipinski definition) is 2. The van der Waals surface area contributed by atoms with Crippen LogP contribution in [0.3, 0.4) is 0 Å². The summed E-state index contributed by atoms with van der Waals surface area (Å²) in [6.45, 7) is 2.77. The van der Waals surface area contributed by atoms with Crippen molar-refractivity contribution in [2.75, 3.05) is 0 Å². The van der Waals surface area contributed by atoms with Gasteiger partial charge in [0.25, 0.3) is 5.92 Å². The van der Waals surface area contributed by atoms with Gasteiger partial charge >= 0.3 is 0 Å². The third-order valence-corrected chi connectivity index (χ3v) is 4.37. The first-order valence-corrected chi connectivity index (χ1v) is 8.44. The first-order chi connectivity index (χ1) is 12.4. The van der Waals surface area contributed by atoms with Crippen LogP contribution in [-0.4, -0.2) is 9.97 Å². The number of pyridine rings is 2. The molecule has 0 fully saturated rings. The Morgan fingerprint density at radius 1 is 1.00 bits per heavy atom. The standard InChI is InChI=1S/C21H19F3N2/c1-3-16-18(12-25-13-19(16)22)17-5-4-10-26-20(17)11-14-6-8-15(9-7-14)21(2,23)24/h4-10,12-13H,3,11H2,1-2H3. The molecule has 0 radical (unpaired) electrons. The summed E-state index contributed by atoms with van der Waals surface area (Å²) in [7, 11) is 0. The second-order valence-corrected chi connectivity index (χ2v) is 6.26. The molecule has 0 spiro atoms. The van der Waals surface area contributed by atoms with Gasteiger partial charge in [0, 0.05) is 42.4 Å². The van der Waals surface area contributed by atoms with Gasteiger partial charge in [-0.1, -0.05) is 37.3 Å². The largest absolute Gasteiger partial charge is 0.270 e. The summed E-state index contributed by atoms with van der Waals surface area (Å²) < 4.78 is 40.8. The summed E-state index contributed by atoms with van der Waals surface area (Å²) in [4.78, 5) is 8.40. The summed E-state index contributed by atoms with van der Waals surface area (Å²) in [5.74, 6) is -3.20. The van der Waals surface area contributed by atoms with Crippen molar-refractivity contribution in [3.8, 4) is 11.1 Å². The number of aromatic nitrogens is 2. The summed E-state index contributed by atoms with van der Waals surface area (Å²) >= 11 is 0. The molecule has 0 aliphatic rings. The monoisotopic (exact) mass is 356 g/mol. The average Bonchev–Trinajstić information content (AvgIpc) is 2.62. The molecule has 0 atom stereocenters. The third-order valence-electron chi connectivity index (χ3n) is 4.37. The van der Waals surface area contributed by atoms with Crippen LogP contribution in [0, 0.1) is 5.82 Å². The van der Waals surface area contributed by atoms with E-state index >= 15 is 0 Å². The molecule has 0 saturated heterocycles. The molecule has 0 unspecified atom stereocenters. The molecule has 5 heteroatoms. The van der Waals surface area contributed by atoms with E-state index in [-0.39, 0.29) is 11.4 Å². The van der Waals surface area contributed by atoms with E-state index in [4.69, 9.17) is 0 Å². The third kappa shape index (κ3) is 3.77. The number of hydrogen-bond donors (Lipinski definition) is 0. The summed E-state index contributed by atoms with van der Waals surface area (Å²) in [6.07, 6.45) is 5.53. The summed E-state index contributed by atoms with van der Waals surface area (Å²) in [5.41, 5.74) is 3.71. The van der Waals surface area contributed by atoms with E-state index in [1.54, 1.807) is 30.6 Å². The number of benzene rings is 1. The van der Waals surface area contributed by atoms with Crippen LogP contribution in [0.2, 0.25) is 0 Å². The van der Waals surface area contributed by atoms with Crippen LogP contribution < -0.4 is 0 Å². The Morgan fingerprint density at radius 3 is 2.38 bits per heavy atom. The molecule has 1 aromatic carbocycles. The van der Waals surface area contributed by atoms with Crippen LogP contribution in [0.4, 0.5) is 13.2 Å². The van der Waals surface area contributed by atoms with Gasteiger partial charge in [0.2, 0.25) is 0 Å². The van der Waals surface area contributed by atoms with E-state index in [2.05, 4.69) is 9.97 Å². The molecule has 0 aliphatic carbocycles. The minimum atomic E-state index is -2.86. The SMILES string of the molecule is CCc1c(F)cncc1-c1cccnc1Cc1ccc(C(C)(F)F)cc1. The van der Waals surface area contributed by atoms with Gasteiger partial charge in [-0.05, 0) is 23.6 Å². The molecule has 0 amide bonds. The minimum absolute atomic E-state index is 0.0231. The molecule has 2 aromatic heterocycles. The highest BCUT2D eigenvalue weighted by molar-refractivity contribution is 5.69. The van der Waals surface area contributed by atoms with Crippen LogP contribution >= 0.6 is 0 Å². The van der Waals surface area contributed by atoms with Gasteiger partial charge in [-0.3, -0.25) is 9.97 Å². The summed E-state index contributed by atoms with van der Waals surface area (Å²) in [6, 6.07) is 9.89. The normalized spacial score (nSPS) is 11.6. The molecule has 0 N–H and O–H groups in total. The zero-order chi connectivity index (χ0) is 18.7. The Kier molecular flexibility index (Phi) is 5.07. The zero-order valence-electron chi connectivity index (χ0n) is 14.6. The Morgan fingerprint density at radius 2 is 1.73 bits per heavy atom. The molecular weight excluding hydrogens is 337 g/mol.